The molecule has 0 aromatic heterocycles. The predicted molar refractivity (Wildman–Crippen MR) is 136 cm³/mol. The lowest BCUT2D eigenvalue weighted by atomic mass is 9.82. The van der Waals surface area contributed by atoms with Gasteiger partial charge in [0, 0.05) is 51.5 Å². The van der Waals surface area contributed by atoms with Crippen LogP contribution in [-0.4, -0.2) is 80.8 Å². The summed E-state index contributed by atoms with van der Waals surface area (Å²) in [5.74, 6) is -0.870. The maximum atomic E-state index is 13.5. The fraction of sp³-hybridized carbons (Fsp3) is 0.536. The fourth-order valence-corrected chi connectivity index (χ4v) is 5.82. The average Bonchev–Trinajstić information content (AvgIpc) is 2.91. The van der Waals surface area contributed by atoms with Crippen LogP contribution in [0.4, 0.5) is 23.2 Å². The van der Waals surface area contributed by atoms with Crippen LogP contribution in [0.25, 0.3) is 0 Å². The monoisotopic (exact) mass is 534 g/mol. The number of nitrogens with zero attached hydrogens (tertiary/aromatic N) is 3. The number of ether oxygens (including phenoxy) is 1. The molecule has 1 N–H and O–H groups in total. The largest absolute Gasteiger partial charge is 0.416 e. The van der Waals surface area contributed by atoms with E-state index in [-0.39, 0.29) is 24.2 Å². The van der Waals surface area contributed by atoms with Crippen LogP contribution < -0.4 is 10.2 Å². The minimum atomic E-state index is -4.43. The molecular weight excluding hydrogens is 500 g/mol. The van der Waals surface area contributed by atoms with E-state index in [1.165, 1.54) is 18.2 Å². The van der Waals surface area contributed by atoms with E-state index in [4.69, 9.17) is 4.74 Å². The summed E-state index contributed by atoms with van der Waals surface area (Å²) in [5.41, 5.74) is 1.64. The third-order valence-electron chi connectivity index (χ3n) is 7.83. The zero-order valence-electron chi connectivity index (χ0n) is 21.4. The van der Waals surface area contributed by atoms with Crippen LogP contribution in [0.5, 0.6) is 0 Å². The molecule has 0 aliphatic carbocycles. The minimum absolute atomic E-state index is 0.117. The Kier molecular flexibility index (Phi) is 8.20. The lowest BCUT2D eigenvalue weighted by Crippen LogP contribution is -2.61. The van der Waals surface area contributed by atoms with E-state index in [0.717, 1.165) is 56.6 Å². The van der Waals surface area contributed by atoms with E-state index in [0.29, 0.717) is 38.3 Å². The number of morpholine rings is 1. The Hall–Kier alpha value is -2.69. The van der Waals surface area contributed by atoms with Gasteiger partial charge in [-0.15, -0.1) is 0 Å². The molecule has 0 bridgehead atoms. The van der Waals surface area contributed by atoms with Crippen molar-refractivity contribution in [3.05, 3.63) is 65.0 Å². The molecule has 10 heteroatoms. The van der Waals surface area contributed by atoms with Crippen molar-refractivity contribution in [1.29, 1.82) is 0 Å². The summed E-state index contributed by atoms with van der Waals surface area (Å²) in [5, 5.41) is 3.07. The maximum absolute atomic E-state index is 13.5. The number of piperazine rings is 1. The van der Waals surface area contributed by atoms with E-state index >= 15 is 0 Å². The first-order valence-corrected chi connectivity index (χ1v) is 13.3. The van der Waals surface area contributed by atoms with Crippen LogP contribution in [0.1, 0.15) is 23.1 Å². The van der Waals surface area contributed by atoms with E-state index < -0.39 is 17.7 Å². The van der Waals surface area contributed by atoms with Gasteiger partial charge in [-0.3, -0.25) is 14.6 Å². The van der Waals surface area contributed by atoms with Crippen LogP contribution in [0.15, 0.2) is 42.5 Å². The number of nitrogens with one attached hydrogen (secondary N) is 1. The number of carbonyl (C=O) groups excluding carboxylic acids is 1. The number of amides is 1. The molecule has 5 rings (SSSR count). The number of anilines is 1. The standard InChI is InChI=1S/C28H34F4N4O2/c29-23-5-2-20(3-6-23)18-35-10-11-36-25-7-4-22(28(30,31)32)16-21(25)17-24(26(36)19-35)27(37)33-8-1-9-34-12-14-38-15-13-34/h2-7,16,24,26H,1,8-15,17-19H2,(H,33,37)/t24-,26-/m0/s1. The lowest BCUT2D eigenvalue weighted by Gasteiger charge is -2.49. The number of benzene rings is 2. The predicted octanol–water partition coefficient (Wildman–Crippen LogP) is 3.55. The van der Waals surface area contributed by atoms with Gasteiger partial charge >= 0.3 is 6.18 Å². The number of carbonyl (C=O) groups is 1. The zero-order chi connectivity index (χ0) is 26.7. The highest BCUT2D eigenvalue weighted by Crippen LogP contribution is 2.40. The summed E-state index contributed by atoms with van der Waals surface area (Å²) >= 11 is 0. The number of hydrogen-bond donors (Lipinski definition) is 1. The van der Waals surface area contributed by atoms with Gasteiger partial charge in [0.1, 0.15) is 5.82 Å². The first-order chi connectivity index (χ1) is 18.3. The van der Waals surface area contributed by atoms with Crippen molar-refractivity contribution < 1.29 is 27.1 Å². The van der Waals surface area contributed by atoms with Crippen LogP contribution in [-0.2, 0) is 28.7 Å². The molecule has 3 aliphatic heterocycles. The minimum Gasteiger partial charge on any atom is -0.379 e. The quantitative estimate of drug-likeness (QED) is 0.435. The molecule has 2 saturated heterocycles. The second kappa shape index (κ2) is 11.6. The van der Waals surface area contributed by atoms with Gasteiger partial charge in [-0.2, -0.15) is 13.2 Å². The SMILES string of the molecule is O=C(NCCCN1CCOCC1)[C@H]1Cc2cc(C(F)(F)F)ccc2N2CCN(Cc3ccc(F)cc3)C[C@@H]12. The molecule has 2 aromatic carbocycles. The number of alkyl halides is 3. The second-order valence-corrected chi connectivity index (χ2v) is 10.4. The summed E-state index contributed by atoms with van der Waals surface area (Å²) in [6, 6.07) is 10.1. The Morgan fingerprint density at radius 3 is 2.50 bits per heavy atom. The van der Waals surface area contributed by atoms with Crippen LogP contribution in [0.3, 0.4) is 0 Å². The van der Waals surface area contributed by atoms with Crippen LogP contribution in [0.2, 0.25) is 0 Å². The summed E-state index contributed by atoms with van der Waals surface area (Å²) < 4.78 is 59.1. The van der Waals surface area contributed by atoms with E-state index in [1.54, 1.807) is 18.2 Å². The van der Waals surface area contributed by atoms with Gasteiger partial charge in [-0.05, 0) is 60.8 Å². The second-order valence-electron chi connectivity index (χ2n) is 10.4. The first-order valence-electron chi connectivity index (χ1n) is 13.3. The fourth-order valence-electron chi connectivity index (χ4n) is 5.82. The molecular formula is C28H34F4N4O2. The Morgan fingerprint density at radius 1 is 1.00 bits per heavy atom. The molecule has 0 unspecified atom stereocenters. The molecule has 206 valence electrons. The smallest absolute Gasteiger partial charge is 0.379 e. The zero-order valence-corrected chi connectivity index (χ0v) is 21.4. The highest BCUT2D eigenvalue weighted by atomic mass is 19.4. The van der Waals surface area contributed by atoms with E-state index in [1.807, 2.05) is 0 Å². The molecule has 2 atom stereocenters. The maximum Gasteiger partial charge on any atom is 0.416 e. The van der Waals surface area contributed by atoms with E-state index in [9.17, 15) is 22.4 Å². The summed E-state index contributed by atoms with van der Waals surface area (Å²) in [4.78, 5) is 20.1. The topological polar surface area (TPSA) is 48.1 Å². The van der Waals surface area contributed by atoms with Gasteiger partial charge in [0.15, 0.2) is 0 Å². The highest BCUT2D eigenvalue weighted by Gasteiger charge is 2.42. The first kappa shape index (κ1) is 26.9. The molecule has 3 heterocycles. The van der Waals surface area contributed by atoms with Crippen molar-refractivity contribution >= 4 is 11.6 Å². The van der Waals surface area contributed by atoms with Crippen molar-refractivity contribution in [2.45, 2.75) is 31.6 Å². The number of fused-ring (bicyclic) bond motifs is 3. The molecule has 38 heavy (non-hydrogen) atoms. The van der Waals surface area contributed by atoms with Crippen LogP contribution in [0, 0.1) is 11.7 Å². The third-order valence-corrected chi connectivity index (χ3v) is 7.83. The van der Waals surface area contributed by atoms with Crippen molar-refractivity contribution in [3.63, 3.8) is 0 Å². The van der Waals surface area contributed by atoms with Gasteiger partial charge in [0.05, 0.1) is 30.7 Å². The molecule has 2 fully saturated rings. The van der Waals surface area contributed by atoms with Crippen molar-refractivity contribution in [2.24, 2.45) is 5.92 Å². The summed E-state index contributed by atoms with van der Waals surface area (Å²) in [6.07, 6.45) is -3.37. The molecule has 0 spiro atoms. The third kappa shape index (κ3) is 6.30. The van der Waals surface area contributed by atoms with Gasteiger partial charge in [-0.1, -0.05) is 12.1 Å². The Morgan fingerprint density at radius 2 is 1.76 bits per heavy atom. The molecule has 0 saturated carbocycles. The molecule has 6 nitrogen and oxygen atoms in total. The van der Waals surface area contributed by atoms with E-state index in [2.05, 4.69) is 20.0 Å². The Bertz CT molecular complexity index is 1110. The Balaban J connectivity index is 1.30. The highest BCUT2D eigenvalue weighted by molar-refractivity contribution is 5.82. The van der Waals surface area contributed by atoms with Gasteiger partial charge in [0.2, 0.25) is 5.91 Å². The Labute approximate surface area is 220 Å². The van der Waals surface area contributed by atoms with Gasteiger partial charge in [-0.25, -0.2) is 4.39 Å². The normalized spacial score (nSPS) is 22.6. The van der Waals surface area contributed by atoms with Crippen molar-refractivity contribution in [1.82, 2.24) is 15.1 Å². The number of rotatable bonds is 7. The number of hydrogen-bond acceptors (Lipinski definition) is 5. The summed E-state index contributed by atoms with van der Waals surface area (Å²) in [6.45, 7) is 7.13. The molecule has 3 aliphatic rings. The molecule has 1 amide bonds. The lowest BCUT2D eigenvalue weighted by molar-refractivity contribution is -0.137. The van der Waals surface area contributed by atoms with Crippen molar-refractivity contribution in [3.8, 4) is 0 Å². The van der Waals surface area contributed by atoms with Gasteiger partial charge in [0.25, 0.3) is 0 Å². The molecule has 2 aromatic rings. The average molecular weight is 535 g/mol. The van der Waals surface area contributed by atoms with Crippen LogP contribution >= 0.6 is 0 Å². The van der Waals surface area contributed by atoms with Gasteiger partial charge < -0.3 is 15.0 Å². The van der Waals surface area contributed by atoms with Crippen molar-refractivity contribution in [2.75, 3.05) is 63.9 Å². The summed E-state index contributed by atoms with van der Waals surface area (Å²) in [7, 11) is 0. The number of halogens is 4. The molecule has 0 radical (unpaired) electrons.